The number of hydrogen-bond acceptors (Lipinski definition) is 4. The van der Waals surface area contributed by atoms with Crippen LogP contribution < -0.4 is 4.90 Å². The quantitative estimate of drug-likeness (QED) is 0.615. The molecule has 0 fully saturated rings. The normalized spacial score (nSPS) is 18.9. The minimum atomic E-state index is -0.420. The van der Waals surface area contributed by atoms with Crippen LogP contribution in [-0.2, 0) is 17.6 Å². The second-order valence-corrected chi connectivity index (χ2v) is 7.11. The zero-order chi connectivity index (χ0) is 19.1. The summed E-state index contributed by atoms with van der Waals surface area (Å²) < 4.78 is 13.6. The lowest BCUT2D eigenvalue weighted by atomic mass is 9.93. The van der Waals surface area contributed by atoms with Crippen molar-refractivity contribution in [2.24, 2.45) is 0 Å². The van der Waals surface area contributed by atoms with E-state index in [-0.39, 0.29) is 30.0 Å². The van der Waals surface area contributed by atoms with Gasteiger partial charge in [0.05, 0.1) is 11.5 Å². The van der Waals surface area contributed by atoms with Crippen LogP contribution in [0.2, 0.25) is 0 Å². The fourth-order valence-electron chi connectivity index (χ4n) is 4.07. The number of nitrogens with zero attached hydrogens (tertiary/aromatic N) is 3. The minimum Gasteiger partial charge on any atom is -0.311 e. The number of benzene rings is 2. The monoisotopic (exact) mass is 369 g/mol. The Morgan fingerprint density at radius 2 is 1.96 bits per heavy atom. The third kappa shape index (κ3) is 3.19. The van der Waals surface area contributed by atoms with E-state index in [0.29, 0.717) is 13.0 Å². The molecule has 1 atom stereocenters. The largest absolute Gasteiger partial charge is 0.311 e. The number of fused-ring (bicyclic) bond motifs is 2. The maximum atomic E-state index is 13.6. The first-order chi connectivity index (χ1) is 12.9. The molecule has 2 heterocycles. The molecule has 0 bridgehead atoms. The number of carbonyl (C=O) groups is 1. The molecule has 2 aliphatic rings. The number of non-ortho nitro benzene ring substituents is 1. The van der Waals surface area contributed by atoms with E-state index < -0.39 is 4.92 Å². The van der Waals surface area contributed by atoms with Crippen molar-refractivity contribution in [1.29, 1.82) is 0 Å². The van der Waals surface area contributed by atoms with Crippen molar-refractivity contribution in [2.75, 3.05) is 24.5 Å². The maximum absolute atomic E-state index is 13.6. The van der Waals surface area contributed by atoms with Gasteiger partial charge in [0.15, 0.2) is 0 Å². The number of rotatable bonds is 3. The van der Waals surface area contributed by atoms with Crippen LogP contribution in [0.1, 0.15) is 29.7 Å². The van der Waals surface area contributed by atoms with Crippen LogP contribution in [0.25, 0.3) is 0 Å². The topological polar surface area (TPSA) is 66.7 Å². The summed E-state index contributed by atoms with van der Waals surface area (Å²) in [5.41, 5.74) is 3.70. The van der Waals surface area contributed by atoms with Crippen LogP contribution in [0.4, 0.5) is 15.8 Å². The van der Waals surface area contributed by atoms with E-state index >= 15 is 0 Å². The van der Waals surface area contributed by atoms with E-state index in [1.165, 1.54) is 12.1 Å². The molecule has 1 unspecified atom stereocenters. The highest BCUT2D eigenvalue weighted by Crippen LogP contribution is 2.33. The van der Waals surface area contributed by atoms with Gasteiger partial charge in [-0.25, -0.2) is 4.39 Å². The van der Waals surface area contributed by atoms with Crippen molar-refractivity contribution in [3.8, 4) is 0 Å². The number of nitro benzene ring substituents is 1. The van der Waals surface area contributed by atoms with Crippen LogP contribution in [0.15, 0.2) is 36.4 Å². The average Bonchev–Trinajstić information content (AvgIpc) is 3.07. The molecular weight excluding hydrogens is 349 g/mol. The summed E-state index contributed by atoms with van der Waals surface area (Å²) in [6, 6.07) is 9.46. The lowest BCUT2D eigenvalue weighted by Crippen LogP contribution is -2.43. The van der Waals surface area contributed by atoms with E-state index in [4.69, 9.17) is 0 Å². The lowest BCUT2D eigenvalue weighted by Gasteiger charge is -2.35. The summed E-state index contributed by atoms with van der Waals surface area (Å²) in [5, 5.41) is 10.9. The van der Waals surface area contributed by atoms with Gasteiger partial charge >= 0.3 is 0 Å². The van der Waals surface area contributed by atoms with Gasteiger partial charge in [-0.05, 0) is 54.7 Å². The fraction of sp³-hybridized carbons (Fsp3) is 0.350. The van der Waals surface area contributed by atoms with Crippen molar-refractivity contribution in [3.63, 3.8) is 0 Å². The van der Waals surface area contributed by atoms with Gasteiger partial charge in [0.1, 0.15) is 5.82 Å². The van der Waals surface area contributed by atoms with Crippen LogP contribution >= 0.6 is 0 Å². The average molecular weight is 369 g/mol. The molecule has 1 amide bonds. The molecule has 0 spiro atoms. The predicted octanol–water partition coefficient (Wildman–Crippen LogP) is 3.24. The second kappa shape index (κ2) is 6.74. The highest BCUT2D eigenvalue weighted by Gasteiger charge is 2.31. The first-order valence-corrected chi connectivity index (χ1v) is 9.04. The minimum absolute atomic E-state index is 0.0330. The van der Waals surface area contributed by atoms with Gasteiger partial charge in [0.2, 0.25) is 5.91 Å². The summed E-state index contributed by atoms with van der Waals surface area (Å²) in [4.78, 5) is 27.2. The number of amides is 1. The Bertz CT molecular complexity index is 931. The summed E-state index contributed by atoms with van der Waals surface area (Å²) in [6.07, 6.45) is 1.41. The van der Waals surface area contributed by atoms with Crippen molar-refractivity contribution < 1.29 is 14.1 Å². The molecule has 2 aromatic rings. The molecular formula is C20H20FN3O3. The van der Waals surface area contributed by atoms with E-state index in [9.17, 15) is 19.3 Å². The van der Waals surface area contributed by atoms with Crippen molar-refractivity contribution in [3.05, 3.63) is 69.0 Å². The molecule has 2 aromatic carbocycles. The first-order valence-electron chi connectivity index (χ1n) is 9.04. The van der Waals surface area contributed by atoms with Gasteiger partial charge in [0.25, 0.3) is 5.69 Å². The molecule has 7 heteroatoms. The molecule has 27 heavy (non-hydrogen) atoms. The summed E-state index contributed by atoms with van der Waals surface area (Å²) in [7, 11) is 0. The highest BCUT2D eigenvalue weighted by molar-refractivity contribution is 5.97. The lowest BCUT2D eigenvalue weighted by molar-refractivity contribution is -0.384. The zero-order valence-electron chi connectivity index (χ0n) is 15.0. The first kappa shape index (κ1) is 17.6. The highest BCUT2D eigenvalue weighted by atomic mass is 19.1. The second-order valence-electron chi connectivity index (χ2n) is 7.11. The standard InChI is InChI=1S/C20H20FN3O3/c1-13-18-11-16(21)3-2-14(18)6-8-22(13)12-20(25)23-9-7-15-10-17(24(26)27)4-5-19(15)23/h2-5,10-11,13H,6-9,12H2,1H3. The fourth-order valence-corrected chi connectivity index (χ4v) is 4.07. The van der Waals surface area contributed by atoms with Crippen molar-refractivity contribution >= 4 is 17.3 Å². The summed E-state index contributed by atoms with van der Waals surface area (Å²) in [5.74, 6) is -0.293. The molecule has 0 aromatic heterocycles. The number of anilines is 1. The molecule has 0 aliphatic carbocycles. The molecule has 4 rings (SSSR count). The number of carbonyl (C=O) groups excluding carboxylic acids is 1. The van der Waals surface area contributed by atoms with Gasteiger partial charge in [0, 0.05) is 37.0 Å². The van der Waals surface area contributed by atoms with Gasteiger partial charge < -0.3 is 4.90 Å². The Hall–Kier alpha value is -2.80. The Morgan fingerprint density at radius 1 is 1.19 bits per heavy atom. The number of nitro groups is 1. The van der Waals surface area contributed by atoms with Crippen LogP contribution in [0.3, 0.4) is 0 Å². The third-order valence-corrected chi connectivity index (χ3v) is 5.58. The maximum Gasteiger partial charge on any atom is 0.269 e. The SMILES string of the molecule is CC1c2cc(F)ccc2CCN1CC(=O)N1CCc2cc([N+](=O)[O-])ccc21. The Balaban J connectivity index is 1.50. The predicted molar refractivity (Wildman–Crippen MR) is 99.2 cm³/mol. The molecule has 0 radical (unpaired) electrons. The van der Waals surface area contributed by atoms with E-state index in [0.717, 1.165) is 35.3 Å². The Kier molecular flexibility index (Phi) is 4.39. The van der Waals surface area contributed by atoms with Crippen molar-refractivity contribution in [2.45, 2.75) is 25.8 Å². The molecule has 2 aliphatic heterocycles. The van der Waals surface area contributed by atoms with Crippen molar-refractivity contribution in [1.82, 2.24) is 4.90 Å². The van der Waals surface area contributed by atoms with Gasteiger partial charge in [-0.15, -0.1) is 0 Å². The zero-order valence-corrected chi connectivity index (χ0v) is 15.0. The van der Waals surface area contributed by atoms with Gasteiger partial charge in [-0.1, -0.05) is 6.07 Å². The molecule has 140 valence electrons. The van der Waals surface area contributed by atoms with E-state index in [1.807, 2.05) is 13.0 Å². The molecule has 6 nitrogen and oxygen atoms in total. The Morgan fingerprint density at radius 3 is 2.74 bits per heavy atom. The molecule has 0 saturated heterocycles. The smallest absolute Gasteiger partial charge is 0.269 e. The third-order valence-electron chi connectivity index (χ3n) is 5.58. The molecule has 0 N–H and O–H groups in total. The van der Waals surface area contributed by atoms with Crippen LogP contribution in [0, 0.1) is 15.9 Å². The summed E-state index contributed by atoms with van der Waals surface area (Å²) >= 11 is 0. The number of halogens is 1. The van der Waals surface area contributed by atoms with E-state index in [1.54, 1.807) is 23.1 Å². The summed E-state index contributed by atoms with van der Waals surface area (Å²) in [6.45, 7) is 3.51. The number of hydrogen-bond donors (Lipinski definition) is 0. The van der Waals surface area contributed by atoms with Crippen LogP contribution in [-0.4, -0.2) is 35.4 Å². The van der Waals surface area contributed by atoms with Crippen LogP contribution in [0.5, 0.6) is 0 Å². The van der Waals surface area contributed by atoms with Gasteiger partial charge in [-0.2, -0.15) is 0 Å². The Labute approximate surface area is 156 Å². The van der Waals surface area contributed by atoms with E-state index in [2.05, 4.69) is 4.90 Å². The molecule has 0 saturated carbocycles. The van der Waals surface area contributed by atoms with Gasteiger partial charge in [-0.3, -0.25) is 19.8 Å².